The van der Waals surface area contributed by atoms with Crippen molar-refractivity contribution in [3.05, 3.63) is 138 Å². The topological polar surface area (TPSA) is 22.8 Å². The molecule has 0 unspecified atom stereocenters. The van der Waals surface area contributed by atoms with Crippen molar-refractivity contribution in [2.24, 2.45) is 0 Å². The van der Waals surface area contributed by atoms with Gasteiger partial charge in [-0.1, -0.05) is 36.4 Å². The molecule has 3 nitrogen and oxygen atoms in total. The molecule has 3 aromatic heterocycles. The Morgan fingerprint density at radius 1 is 0.400 bits per heavy atom. The van der Waals surface area contributed by atoms with Crippen LogP contribution >= 0.6 is 0 Å². The van der Waals surface area contributed by atoms with Crippen molar-refractivity contribution >= 4 is 43.6 Å². The fraction of sp³-hybridized carbons (Fsp3) is 0.0789. The Hall–Kier alpha value is -5.78. The lowest BCUT2D eigenvalue weighted by atomic mass is 10.0. The van der Waals surface area contributed by atoms with Crippen molar-refractivity contribution in [2.75, 3.05) is 0 Å². The second-order valence-electron chi connectivity index (χ2n) is 11.8. The van der Waals surface area contributed by atoms with Gasteiger partial charge in [-0.3, -0.25) is 4.98 Å². The first-order valence-corrected chi connectivity index (χ1v) is 15.1. The summed E-state index contributed by atoms with van der Waals surface area (Å²) >= 11 is 0. The molecular formula is C38H20F9N3. The number of halogens is 9. The molecule has 0 aliphatic heterocycles. The molecule has 0 spiro atoms. The maximum absolute atomic E-state index is 14.3. The number of para-hydroxylation sites is 2. The first-order chi connectivity index (χ1) is 23.7. The molecule has 0 saturated carbocycles. The molecule has 0 saturated heterocycles. The molecule has 0 radical (unpaired) electrons. The van der Waals surface area contributed by atoms with Gasteiger partial charge < -0.3 is 9.13 Å². The Bertz CT molecular complexity index is 2620. The van der Waals surface area contributed by atoms with Crippen LogP contribution in [0.3, 0.4) is 0 Å². The molecular weight excluding hydrogens is 669 g/mol. The van der Waals surface area contributed by atoms with Crippen LogP contribution in [0.5, 0.6) is 0 Å². The summed E-state index contributed by atoms with van der Waals surface area (Å²) in [6, 6.07) is 26.1. The summed E-state index contributed by atoms with van der Waals surface area (Å²) in [6.45, 7) is 0. The molecule has 8 aromatic rings. The fourth-order valence-electron chi connectivity index (χ4n) is 6.70. The number of hydrogen-bond donors (Lipinski definition) is 0. The predicted octanol–water partition coefficient (Wildman–Crippen LogP) is 12.0. The van der Waals surface area contributed by atoms with Crippen LogP contribution in [0.4, 0.5) is 39.5 Å². The van der Waals surface area contributed by atoms with Crippen LogP contribution in [0.15, 0.2) is 121 Å². The zero-order valence-electron chi connectivity index (χ0n) is 25.3. The van der Waals surface area contributed by atoms with Gasteiger partial charge in [0.1, 0.15) is 0 Å². The Morgan fingerprint density at radius 3 is 1.36 bits per heavy atom. The van der Waals surface area contributed by atoms with Gasteiger partial charge in [0.25, 0.3) is 0 Å². The minimum atomic E-state index is -4.77. The summed E-state index contributed by atoms with van der Waals surface area (Å²) in [6.07, 6.45) is -12.6. The molecule has 0 aliphatic rings. The highest BCUT2D eigenvalue weighted by Crippen LogP contribution is 2.44. The van der Waals surface area contributed by atoms with E-state index in [9.17, 15) is 39.5 Å². The number of rotatable bonds is 3. The molecule has 250 valence electrons. The van der Waals surface area contributed by atoms with E-state index in [0.717, 1.165) is 36.4 Å². The molecule has 0 N–H and O–H groups in total. The summed E-state index contributed by atoms with van der Waals surface area (Å²) in [5.74, 6) is 0. The molecule has 8 rings (SSSR count). The predicted molar refractivity (Wildman–Crippen MR) is 173 cm³/mol. The molecule has 3 heterocycles. The minimum absolute atomic E-state index is 0.00387. The van der Waals surface area contributed by atoms with Crippen LogP contribution in [0.25, 0.3) is 66.2 Å². The molecule has 0 fully saturated rings. The van der Waals surface area contributed by atoms with Crippen LogP contribution in [0, 0.1) is 0 Å². The molecule has 50 heavy (non-hydrogen) atoms. The number of hydrogen-bond acceptors (Lipinski definition) is 1. The first-order valence-electron chi connectivity index (χ1n) is 15.1. The van der Waals surface area contributed by atoms with Gasteiger partial charge in [0.05, 0.1) is 55.8 Å². The van der Waals surface area contributed by atoms with Crippen LogP contribution in [-0.2, 0) is 18.5 Å². The molecule has 0 amide bonds. The van der Waals surface area contributed by atoms with Crippen LogP contribution < -0.4 is 0 Å². The molecule has 0 aliphatic carbocycles. The molecule has 0 bridgehead atoms. The van der Waals surface area contributed by atoms with E-state index in [1.54, 1.807) is 69.8 Å². The maximum Gasteiger partial charge on any atom is 0.416 e. The van der Waals surface area contributed by atoms with E-state index in [1.165, 1.54) is 24.4 Å². The average molecular weight is 690 g/mol. The van der Waals surface area contributed by atoms with Gasteiger partial charge in [0.2, 0.25) is 0 Å². The first kappa shape index (κ1) is 31.5. The fourth-order valence-corrected chi connectivity index (χ4v) is 6.70. The largest absolute Gasteiger partial charge is 0.416 e. The van der Waals surface area contributed by atoms with Gasteiger partial charge >= 0.3 is 18.5 Å². The standard InChI is InChI=1S/C38H20F9N3/c39-36(40,41)21-11-14-31-26(18-21)24-6-1-3-8-29(24)49(31)33-16-13-23(38(45,46)47)20-28(33)35-34(10-5-17-48-35)50-30-9-4-2-7-25(30)27-19-22(37(42,43)44)12-15-32(27)50/h1-20H. The van der Waals surface area contributed by atoms with E-state index in [0.29, 0.717) is 32.8 Å². The Morgan fingerprint density at radius 2 is 0.840 bits per heavy atom. The van der Waals surface area contributed by atoms with E-state index >= 15 is 0 Å². The highest BCUT2D eigenvalue weighted by atomic mass is 19.4. The van der Waals surface area contributed by atoms with Gasteiger partial charge in [0.15, 0.2) is 0 Å². The number of benzene rings is 5. The molecule has 0 atom stereocenters. The van der Waals surface area contributed by atoms with Crippen LogP contribution in [-0.4, -0.2) is 14.1 Å². The monoisotopic (exact) mass is 689 g/mol. The maximum atomic E-state index is 14.3. The zero-order valence-corrected chi connectivity index (χ0v) is 25.3. The summed E-state index contributed by atoms with van der Waals surface area (Å²) in [5.41, 5.74) is -0.601. The van der Waals surface area contributed by atoms with E-state index in [1.807, 2.05) is 0 Å². The normalized spacial score (nSPS) is 12.9. The van der Waals surface area contributed by atoms with Crippen molar-refractivity contribution in [3.63, 3.8) is 0 Å². The van der Waals surface area contributed by atoms with Gasteiger partial charge in [0, 0.05) is 33.3 Å². The van der Waals surface area contributed by atoms with Crippen molar-refractivity contribution < 1.29 is 39.5 Å². The van der Waals surface area contributed by atoms with E-state index < -0.39 is 35.2 Å². The van der Waals surface area contributed by atoms with Crippen LogP contribution in [0.2, 0.25) is 0 Å². The highest BCUT2D eigenvalue weighted by Gasteiger charge is 2.34. The number of alkyl halides is 9. The SMILES string of the molecule is FC(F)(F)c1ccc(-n2c3ccccc3c3cc(C(F)(F)F)ccc32)c(-c2ncccc2-n2c3ccccc3c3cc(C(F)(F)F)ccc32)c1. The van der Waals surface area contributed by atoms with Gasteiger partial charge in [-0.15, -0.1) is 0 Å². The average Bonchev–Trinajstić information content (AvgIpc) is 3.59. The van der Waals surface area contributed by atoms with Gasteiger partial charge in [-0.25, -0.2) is 0 Å². The smallest absolute Gasteiger partial charge is 0.309 e. The van der Waals surface area contributed by atoms with E-state index in [4.69, 9.17) is 0 Å². The van der Waals surface area contributed by atoms with Crippen molar-refractivity contribution in [2.45, 2.75) is 18.5 Å². The van der Waals surface area contributed by atoms with Crippen LogP contribution in [0.1, 0.15) is 16.7 Å². The summed E-state index contributed by atoms with van der Waals surface area (Å²) in [5, 5.41) is 1.45. The third-order valence-electron chi connectivity index (χ3n) is 8.85. The summed E-state index contributed by atoms with van der Waals surface area (Å²) in [4.78, 5) is 4.55. The Kier molecular flexibility index (Phi) is 6.84. The van der Waals surface area contributed by atoms with E-state index in [2.05, 4.69) is 4.98 Å². The number of nitrogens with zero attached hydrogens (tertiary/aromatic N) is 3. The second-order valence-corrected chi connectivity index (χ2v) is 11.8. The Balaban J connectivity index is 1.46. The number of pyridine rings is 1. The zero-order chi connectivity index (χ0) is 35.2. The van der Waals surface area contributed by atoms with Crippen molar-refractivity contribution in [1.29, 1.82) is 0 Å². The third kappa shape index (κ3) is 4.96. The lowest BCUT2D eigenvalue weighted by Crippen LogP contribution is -2.08. The number of aromatic nitrogens is 3. The van der Waals surface area contributed by atoms with Crippen molar-refractivity contribution in [3.8, 4) is 22.6 Å². The molecule has 12 heteroatoms. The lowest BCUT2D eigenvalue weighted by molar-refractivity contribution is -0.138. The van der Waals surface area contributed by atoms with Gasteiger partial charge in [-0.05, 0) is 78.9 Å². The second kappa shape index (κ2) is 10.9. The Labute approximate surface area is 276 Å². The van der Waals surface area contributed by atoms with Crippen molar-refractivity contribution in [1.82, 2.24) is 14.1 Å². The third-order valence-corrected chi connectivity index (χ3v) is 8.85. The summed E-state index contributed by atoms with van der Waals surface area (Å²) in [7, 11) is 0. The van der Waals surface area contributed by atoms with E-state index in [-0.39, 0.29) is 33.4 Å². The number of fused-ring (bicyclic) bond motifs is 6. The quantitative estimate of drug-likeness (QED) is 0.169. The minimum Gasteiger partial charge on any atom is -0.309 e. The summed E-state index contributed by atoms with van der Waals surface area (Å²) < 4.78 is 129. The lowest BCUT2D eigenvalue weighted by Gasteiger charge is -2.19. The van der Waals surface area contributed by atoms with Gasteiger partial charge in [-0.2, -0.15) is 39.5 Å². The molecule has 5 aromatic carbocycles. The highest BCUT2D eigenvalue weighted by molar-refractivity contribution is 6.11.